The van der Waals surface area contributed by atoms with E-state index in [2.05, 4.69) is 0 Å². The summed E-state index contributed by atoms with van der Waals surface area (Å²) in [6.45, 7) is 3.06. The van der Waals surface area contributed by atoms with Crippen molar-refractivity contribution in [2.75, 3.05) is 0 Å². The Bertz CT molecular complexity index is 738. The Morgan fingerprint density at radius 2 is 1.82 bits per heavy atom. The predicted molar refractivity (Wildman–Crippen MR) is 78.2 cm³/mol. The van der Waals surface area contributed by atoms with Crippen molar-refractivity contribution in [3.05, 3.63) is 69.3 Å². The Kier molecular flexibility index (Phi) is 4.41. The van der Waals surface area contributed by atoms with Gasteiger partial charge < -0.3 is 14.9 Å². The smallest absolute Gasteiger partial charge is 0.342 e. The van der Waals surface area contributed by atoms with Crippen molar-refractivity contribution in [2.24, 2.45) is 5.73 Å². The third kappa shape index (κ3) is 3.22. The van der Waals surface area contributed by atoms with Crippen LogP contribution in [-0.2, 0) is 9.53 Å². The van der Waals surface area contributed by atoms with E-state index in [-0.39, 0.29) is 11.3 Å². The number of hydrogen-bond acceptors (Lipinski definition) is 5. The fourth-order valence-corrected chi connectivity index (χ4v) is 2.15. The van der Waals surface area contributed by atoms with Crippen molar-refractivity contribution in [1.29, 1.82) is 0 Å². The Morgan fingerprint density at radius 1 is 1.18 bits per heavy atom. The van der Waals surface area contributed by atoms with E-state index in [0.717, 1.165) is 0 Å². The second-order valence-corrected chi connectivity index (χ2v) is 4.78. The third-order valence-electron chi connectivity index (χ3n) is 3.12. The highest BCUT2D eigenvalue weighted by molar-refractivity contribution is 5.94. The lowest BCUT2D eigenvalue weighted by atomic mass is 10.1. The Hall–Kier alpha value is -2.89. The van der Waals surface area contributed by atoms with Crippen molar-refractivity contribution >= 4 is 11.9 Å². The summed E-state index contributed by atoms with van der Waals surface area (Å²) in [5, 5.41) is 0. The molecule has 0 unspecified atom stereocenters. The molecular formula is C16H15NO5. The zero-order valence-corrected chi connectivity index (χ0v) is 12.2. The highest BCUT2D eigenvalue weighted by atomic mass is 16.5. The van der Waals surface area contributed by atoms with Crippen molar-refractivity contribution in [2.45, 2.75) is 20.0 Å². The van der Waals surface area contributed by atoms with Gasteiger partial charge in [0.15, 0.2) is 0 Å². The second kappa shape index (κ2) is 6.26. The Labute approximate surface area is 126 Å². The summed E-state index contributed by atoms with van der Waals surface area (Å²) in [4.78, 5) is 35.1. The average molecular weight is 301 g/mol. The number of nitrogens with two attached hydrogens (primary N) is 1. The largest absolute Gasteiger partial charge is 0.444 e. The monoisotopic (exact) mass is 301 g/mol. The van der Waals surface area contributed by atoms with Crippen molar-refractivity contribution in [1.82, 2.24) is 0 Å². The summed E-state index contributed by atoms with van der Waals surface area (Å²) in [5.41, 5.74) is 5.74. The van der Waals surface area contributed by atoms with Crippen molar-refractivity contribution in [3.8, 4) is 0 Å². The van der Waals surface area contributed by atoms with Gasteiger partial charge in [-0.05, 0) is 19.4 Å². The molecule has 2 aromatic rings. The minimum Gasteiger partial charge on any atom is -0.444 e. The van der Waals surface area contributed by atoms with Crippen LogP contribution in [0.2, 0.25) is 0 Å². The van der Waals surface area contributed by atoms with Crippen molar-refractivity contribution < 1.29 is 18.7 Å². The maximum absolute atomic E-state index is 12.3. The van der Waals surface area contributed by atoms with Crippen LogP contribution in [0.1, 0.15) is 33.3 Å². The molecule has 0 radical (unpaired) electrons. The van der Waals surface area contributed by atoms with Gasteiger partial charge in [0, 0.05) is 11.6 Å². The number of benzene rings is 1. The molecular weight excluding hydrogens is 286 g/mol. The van der Waals surface area contributed by atoms with Crippen LogP contribution >= 0.6 is 0 Å². The Balaban J connectivity index is 2.34. The number of carbonyl (C=O) groups is 2. The number of carbonyl (C=O) groups excluding carboxylic acids is 2. The van der Waals surface area contributed by atoms with Gasteiger partial charge in [-0.25, -0.2) is 9.59 Å². The van der Waals surface area contributed by atoms with Gasteiger partial charge in [0.1, 0.15) is 11.3 Å². The van der Waals surface area contributed by atoms with Gasteiger partial charge in [-0.3, -0.25) is 4.79 Å². The number of hydrogen-bond donors (Lipinski definition) is 1. The maximum atomic E-state index is 12.3. The molecule has 6 nitrogen and oxygen atoms in total. The molecule has 1 heterocycles. The molecule has 0 bridgehead atoms. The molecule has 22 heavy (non-hydrogen) atoms. The van der Waals surface area contributed by atoms with Gasteiger partial charge in [0.05, 0.1) is 0 Å². The fourth-order valence-electron chi connectivity index (χ4n) is 2.15. The Morgan fingerprint density at radius 3 is 2.36 bits per heavy atom. The zero-order chi connectivity index (χ0) is 16.3. The van der Waals surface area contributed by atoms with Gasteiger partial charge in [-0.2, -0.15) is 0 Å². The zero-order valence-electron chi connectivity index (χ0n) is 12.2. The summed E-state index contributed by atoms with van der Waals surface area (Å²) < 4.78 is 10.1. The lowest BCUT2D eigenvalue weighted by Gasteiger charge is -2.16. The first-order valence-electron chi connectivity index (χ1n) is 6.56. The second-order valence-electron chi connectivity index (χ2n) is 4.78. The first-order valence-corrected chi connectivity index (χ1v) is 6.56. The minimum atomic E-state index is -1.21. The lowest BCUT2D eigenvalue weighted by Crippen LogP contribution is -2.27. The van der Waals surface area contributed by atoms with Gasteiger partial charge >= 0.3 is 11.6 Å². The number of aryl methyl sites for hydroxylation is 2. The number of esters is 1. The van der Waals surface area contributed by atoms with Crippen LogP contribution < -0.4 is 11.4 Å². The first-order chi connectivity index (χ1) is 10.4. The molecule has 1 aromatic heterocycles. The molecule has 1 atom stereocenters. The van der Waals surface area contributed by atoms with Gasteiger partial charge in [-0.15, -0.1) is 0 Å². The van der Waals surface area contributed by atoms with E-state index in [1.807, 2.05) is 0 Å². The minimum absolute atomic E-state index is 0.113. The molecule has 0 fully saturated rings. The predicted octanol–water partition coefficient (Wildman–Crippen LogP) is 1.64. The van der Waals surface area contributed by atoms with Gasteiger partial charge in [0.25, 0.3) is 5.91 Å². The maximum Gasteiger partial charge on any atom is 0.342 e. The summed E-state index contributed by atoms with van der Waals surface area (Å²) >= 11 is 0. The molecule has 0 aliphatic carbocycles. The summed E-state index contributed by atoms with van der Waals surface area (Å²) in [5.74, 6) is -1.43. The van der Waals surface area contributed by atoms with E-state index in [0.29, 0.717) is 11.1 Å². The number of rotatable bonds is 4. The lowest BCUT2D eigenvalue weighted by molar-refractivity contribution is -0.127. The van der Waals surface area contributed by atoms with Crippen LogP contribution in [0.3, 0.4) is 0 Å². The van der Waals surface area contributed by atoms with Crippen LogP contribution in [-0.4, -0.2) is 11.9 Å². The molecule has 1 amide bonds. The first kappa shape index (κ1) is 15.5. The normalized spacial score (nSPS) is 11.7. The van der Waals surface area contributed by atoms with E-state index in [4.69, 9.17) is 14.9 Å². The highest BCUT2D eigenvalue weighted by Crippen LogP contribution is 2.21. The summed E-state index contributed by atoms with van der Waals surface area (Å²) in [6, 6.07) is 9.63. The quantitative estimate of drug-likeness (QED) is 0.865. The molecule has 6 heteroatoms. The fraction of sp³-hybridized carbons (Fsp3) is 0.188. The van der Waals surface area contributed by atoms with Gasteiger partial charge in [-0.1, -0.05) is 30.3 Å². The number of primary amides is 1. The summed E-state index contributed by atoms with van der Waals surface area (Å²) in [6.07, 6.45) is -1.21. The van der Waals surface area contributed by atoms with Crippen LogP contribution in [0.4, 0.5) is 0 Å². The molecule has 2 N–H and O–H groups in total. The molecule has 0 aliphatic heterocycles. The standard InChI is InChI=1S/C16H15NO5/c1-9-8-12(18)21-10(2)13(9)16(20)22-14(15(17)19)11-6-4-3-5-7-11/h3-8,14H,1-2H3,(H2,17,19)/t14-/m0/s1. The SMILES string of the molecule is Cc1cc(=O)oc(C)c1C(=O)O[C@H](C(N)=O)c1ccccc1. The topological polar surface area (TPSA) is 99.6 Å². The van der Waals surface area contributed by atoms with Crippen molar-refractivity contribution in [3.63, 3.8) is 0 Å². The van der Waals surface area contributed by atoms with Crippen LogP contribution in [0.15, 0.2) is 45.6 Å². The van der Waals surface area contributed by atoms with Gasteiger partial charge in [0.2, 0.25) is 6.10 Å². The van der Waals surface area contributed by atoms with Crippen LogP contribution in [0.25, 0.3) is 0 Å². The van der Waals surface area contributed by atoms with E-state index in [9.17, 15) is 14.4 Å². The molecule has 0 spiro atoms. The van der Waals surface area contributed by atoms with E-state index < -0.39 is 23.6 Å². The third-order valence-corrected chi connectivity index (χ3v) is 3.12. The van der Waals surface area contributed by atoms with Crippen LogP contribution in [0, 0.1) is 13.8 Å². The van der Waals surface area contributed by atoms with E-state index in [1.54, 1.807) is 37.3 Å². The molecule has 0 aliphatic rings. The highest BCUT2D eigenvalue weighted by Gasteiger charge is 2.25. The average Bonchev–Trinajstić information content (AvgIpc) is 2.44. The number of amides is 1. The molecule has 0 saturated carbocycles. The van der Waals surface area contributed by atoms with E-state index in [1.165, 1.54) is 13.0 Å². The molecule has 2 rings (SSSR count). The molecule has 1 aromatic carbocycles. The number of ether oxygens (including phenoxy) is 1. The molecule has 114 valence electrons. The summed E-state index contributed by atoms with van der Waals surface area (Å²) in [7, 11) is 0. The molecule has 0 saturated heterocycles. The van der Waals surface area contributed by atoms with E-state index >= 15 is 0 Å². The van der Waals surface area contributed by atoms with Crippen LogP contribution in [0.5, 0.6) is 0 Å².